The Hall–Kier alpha value is -1.40. The average Bonchev–Trinajstić information content (AvgIpc) is 2.37. The van der Waals surface area contributed by atoms with Crippen molar-refractivity contribution in [1.82, 2.24) is 14.0 Å². The van der Waals surface area contributed by atoms with Gasteiger partial charge < -0.3 is 14.6 Å². The number of nitrogens with zero attached hydrogens (tertiary/aromatic N) is 3. The average molecular weight is 255 g/mol. The second-order valence-electron chi connectivity index (χ2n) is 4.28. The summed E-state index contributed by atoms with van der Waals surface area (Å²) in [7, 11) is 3.14. The summed E-state index contributed by atoms with van der Waals surface area (Å²) in [5.74, 6) is 0. The van der Waals surface area contributed by atoms with Crippen LogP contribution >= 0.6 is 0 Å². The third-order valence-corrected chi connectivity index (χ3v) is 3.17. The van der Waals surface area contributed by atoms with E-state index in [1.165, 1.54) is 17.7 Å². The molecule has 0 saturated heterocycles. The Labute approximate surface area is 106 Å². The van der Waals surface area contributed by atoms with Crippen molar-refractivity contribution in [3.8, 4) is 0 Å². The van der Waals surface area contributed by atoms with Crippen LogP contribution in [0.1, 0.15) is 12.6 Å². The summed E-state index contributed by atoms with van der Waals surface area (Å²) in [6, 6.07) is 1.49. The maximum Gasteiger partial charge on any atom is 0.330 e. The lowest BCUT2D eigenvalue weighted by atomic mass is 10.2. The van der Waals surface area contributed by atoms with Crippen molar-refractivity contribution in [2.45, 2.75) is 13.3 Å². The van der Waals surface area contributed by atoms with Crippen molar-refractivity contribution in [2.75, 3.05) is 26.2 Å². The molecule has 0 aliphatic rings. The van der Waals surface area contributed by atoms with Gasteiger partial charge in [0.15, 0.2) is 0 Å². The fourth-order valence-electron chi connectivity index (χ4n) is 1.86. The predicted molar refractivity (Wildman–Crippen MR) is 69.8 cm³/mol. The summed E-state index contributed by atoms with van der Waals surface area (Å²) in [5, 5.41) is 8.89. The Morgan fingerprint density at radius 1 is 1.22 bits per heavy atom. The zero-order valence-electron chi connectivity index (χ0n) is 11.2. The van der Waals surface area contributed by atoms with Gasteiger partial charge in [0, 0.05) is 45.4 Å². The molecule has 1 rings (SSSR count). The van der Waals surface area contributed by atoms with Crippen LogP contribution < -0.4 is 11.2 Å². The first-order valence-corrected chi connectivity index (χ1v) is 6.10. The van der Waals surface area contributed by atoms with Gasteiger partial charge in [0.05, 0.1) is 6.61 Å². The van der Waals surface area contributed by atoms with E-state index in [0.29, 0.717) is 13.0 Å². The van der Waals surface area contributed by atoms with E-state index in [1.807, 2.05) is 6.92 Å². The molecular formula is C12H21N3O3. The highest BCUT2D eigenvalue weighted by Crippen LogP contribution is 1.96. The van der Waals surface area contributed by atoms with Gasteiger partial charge in [0.25, 0.3) is 5.56 Å². The summed E-state index contributed by atoms with van der Waals surface area (Å²) in [6.45, 7) is 4.29. The monoisotopic (exact) mass is 255 g/mol. The quantitative estimate of drug-likeness (QED) is 0.703. The van der Waals surface area contributed by atoms with Crippen LogP contribution in [-0.4, -0.2) is 45.4 Å². The van der Waals surface area contributed by atoms with Gasteiger partial charge in [-0.2, -0.15) is 0 Å². The van der Waals surface area contributed by atoms with Crippen LogP contribution in [0.3, 0.4) is 0 Å². The molecule has 1 aromatic heterocycles. The first-order chi connectivity index (χ1) is 8.51. The Balaban J connectivity index is 2.86. The first kappa shape index (κ1) is 14.7. The maximum absolute atomic E-state index is 11.7. The molecule has 1 aromatic rings. The van der Waals surface area contributed by atoms with Gasteiger partial charge in [0.2, 0.25) is 0 Å². The van der Waals surface area contributed by atoms with Crippen LogP contribution in [0.5, 0.6) is 0 Å². The topological polar surface area (TPSA) is 67.5 Å². The van der Waals surface area contributed by atoms with Crippen molar-refractivity contribution in [3.63, 3.8) is 0 Å². The fourth-order valence-corrected chi connectivity index (χ4v) is 1.86. The fraction of sp³-hybridized carbons (Fsp3) is 0.667. The highest BCUT2D eigenvalue weighted by Gasteiger charge is 2.08. The molecular weight excluding hydrogens is 234 g/mol. The van der Waals surface area contributed by atoms with Crippen LogP contribution in [0.4, 0.5) is 0 Å². The molecule has 1 heterocycles. The number of aliphatic hydroxyl groups is 1. The Kier molecular flexibility index (Phi) is 5.30. The molecule has 0 saturated carbocycles. The molecule has 0 bridgehead atoms. The minimum atomic E-state index is -0.303. The lowest BCUT2D eigenvalue weighted by molar-refractivity contribution is 0.202. The number of aromatic nitrogens is 2. The highest BCUT2D eigenvalue weighted by atomic mass is 16.3. The highest BCUT2D eigenvalue weighted by molar-refractivity contribution is 5.02. The van der Waals surface area contributed by atoms with E-state index < -0.39 is 0 Å². The first-order valence-electron chi connectivity index (χ1n) is 6.10. The molecule has 102 valence electrons. The van der Waals surface area contributed by atoms with E-state index in [-0.39, 0.29) is 17.9 Å². The smallest absolute Gasteiger partial charge is 0.330 e. The van der Waals surface area contributed by atoms with Gasteiger partial charge in [-0.05, 0) is 6.54 Å². The molecule has 0 atom stereocenters. The molecule has 0 aromatic carbocycles. The van der Waals surface area contributed by atoms with Gasteiger partial charge in [-0.1, -0.05) is 6.92 Å². The predicted octanol–water partition coefficient (Wildman–Crippen LogP) is -1.06. The van der Waals surface area contributed by atoms with Crippen LogP contribution in [0.2, 0.25) is 0 Å². The molecule has 0 radical (unpaired) electrons. The van der Waals surface area contributed by atoms with E-state index in [2.05, 4.69) is 4.90 Å². The van der Waals surface area contributed by atoms with E-state index in [4.69, 9.17) is 5.11 Å². The lowest BCUT2D eigenvalue weighted by Crippen LogP contribution is -2.39. The molecule has 1 N–H and O–H groups in total. The van der Waals surface area contributed by atoms with E-state index in [9.17, 15) is 9.59 Å². The molecule has 6 heteroatoms. The van der Waals surface area contributed by atoms with Crippen LogP contribution in [0.15, 0.2) is 15.7 Å². The van der Waals surface area contributed by atoms with Gasteiger partial charge in [-0.25, -0.2) is 4.79 Å². The lowest BCUT2D eigenvalue weighted by Gasteiger charge is -2.19. The number of hydrogen-bond acceptors (Lipinski definition) is 4. The minimum Gasteiger partial charge on any atom is -0.395 e. The normalized spacial score (nSPS) is 11.2. The van der Waals surface area contributed by atoms with Crippen molar-refractivity contribution in [3.05, 3.63) is 32.6 Å². The SMILES string of the molecule is CCN(CCO)CCc1cc(=O)n(C)c(=O)n1C. The van der Waals surface area contributed by atoms with Crippen LogP contribution in [0, 0.1) is 0 Å². The molecule has 0 spiro atoms. The van der Waals surface area contributed by atoms with E-state index in [0.717, 1.165) is 23.4 Å². The maximum atomic E-state index is 11.7. The molecule has 0 aliphatic heterocycles. The van der Waals surface area contributed by atoms with Crippen molar-refractivity contribution >= 4 is 0 Å². The zero-order valence-corrected chi connectivity index (χ0v) is 11.2. The number of likely N-dealkylation sites (N-methyl/N-ethyl adjacent to an activating group) is 1. The zero-order chi connectivity index (χ0) is 13.7. The number of rotatable bonds is 6. The molecule has 0 unspecified atom stereocenters. The molecule has 0 amide bonds. The molecule has 6 nitrogen and oxygen atoms in total. The summed E-state index contributed by atoms with van der Waals surface area (Å²) < 4.78 is 2.59. The van der Waals surface area contributed by atoms with Gasteiger partial charge >= 0.3 is 5.69 Å². The summed E-state index contributed by atoms with van der Waals surface area (Å²) in [6.07, 6.45) is 0.621. The Morgan fingerprint density at radius 2 is 1.89 bits per heavy atom. The summed E-state index contributed by atoms with van der Waals surface area (Å²) >= 11 is 0. The molecule has 0 fully saturated rings. The van der Waals surface area contributed by atoms with Crippen molar-refractivity contribution < 1.29 is 5.11 Å². The second-order valence-corrected chi connectivity index (χ2v) is 4.28. The van der Waals surface area contributed by atoms with Gasteiger partial charge in [0.1, 0.15) is 0 Å². The van der Waals surface area contributed by atoms with Crippen molar-refractivity contribution in [2.24, 2.45) is 14.1 Å². The van der Waals surface area contributed by atoms with E-state index in [1.54, 1.807) is 7.05 Å². The standard InChI is InChI=1S/C12H21N3O3/c1-4-15(7-8-16)6-5-10-9-11(17)14(3)12(18)13(10)2/h9,16H,4-8H2,1-3H3. The minimum absolute atomic E-state index is 0.114. The third-order valence-electron chi connectivity index (χ3n) is 3.17. The van der Waals surface area contributed by atoms with Gasteiger partial charge in [-0.3, -0.25) is 9.36 Å². The number of aliphatic hydroxyl groups excluding tert-OH is 1. The Morgan fingerprint density at radius 3 is 2.44 bits per heavy atom. The second kappa shape index (κ2) is 6.51. The van der Waals surface area contributed by atoms with Crippen LogP contribution in [-0.2, 0) is 20.5 Å². The molecule has 0 aliphatic carbocycles. The largest absolute Gasteiger partial charge is 0.395 e. The van der Waals surface area contributed by atoms with Crippen LogP contribution in [0.25, 0.3) is 0 Å². The molecule has 18 heavy (non-hydrogen) atoms. The van der Waals surface area contributed by atoms with Crippen molar-refractivity contribution in [1.29, 1.82) is 0 Å². The summed E-state index contributed by atoms with van der Waals surface area (Å²) in [5.41, 5.74) is 0.139. The number of hydrogen-bond donors (Lipinski definition) is 1. The summed E-state index contributed by atoms with van der Waals surface area (Å²) in [4.78, 5) is 25.3. The Bertz CT molecular complexity index is 504. The van der Waals surface area contributed by atoms with Gasteiger partial charge in [-0.15, -0.1) is 0 Å². The van der Waals surface area contributed by atoms with E-state index >= 15 is 0 Å². The third kappa shape index (κ3) is 3.30.